The fourth-order valence-corrected chi connectivity index (χ4v) is 3.61. The van der Waals surface area contributed by atoms with E-state index in [1.54, 1.807) is 7.11 Å². The maximum absolute atomic E-state index is 13.1. The minimum absolute atomic E-state index is 0.0799. The van der Waals surface area contributed by atoms with Crippen LogP contribution in [0.4, 0.5) is 0 Å². The fourth-order valence-electron chi connectivity index (χ4n) is 3.61. The van der Waals surface area contributed by atoms with E-state index in [1.165, 1.54) is 0 Å². The van der Waals surface area contributed by atoms with E-state index >= 15 is 0 Å². The van der Waals surface area contributed by atoms with E-state index in [-0.39, 0.29) is 11.9 Å². The molecule has 1 aliphatic heterocycles. The first-order valence-electron chi connectivity index (χ1n) is 8.44. The molecule has 0 aliphatic carbocycles. The number of para-hydroxylation sites is 1. The first kappa shape index (κ1) is 15.9. The van der Waals surface area contributed by atoms with Crippen molar-refractivity contribution in [3.8, 4) is 0 Å². The molecule has 130 valence electrons. The van der Waals surface area contributed by atoms with Gasteiger partial charge in [0.25, 0.3) is 5.91 Å². The molecule has 1 amide bonds. The van der Waals surface area contributed by atoms with Crippen LogP contribution in [0.2, 0.25) is 0 Å². The van der Waals surface area contributed by atoms with E-state index in [4.69, 9.17) is 9.15 Å². The summed E-state index contributed by atoms with van der Waals surface area (Å²) in [5.74, 6) is 1.23. The Morgan fingerprint density at radius 1 is 1.36 bits per heavy atom. The van der Waals surface area contributed by atoms with Gasteiger partial charge in [0, 0.05) is 31.1 Å². The van der Waals surface area contributed by atoms with Crippen molar-refractivity contribution in [3.05, 3.63) is 53.3 Å². The molecule has 0 N–H and O–H groups in total. The summed E-state index contributed by atoms with van der Waals surface area (Å²) in [6.45, 7) is 5.80. The van der Waals surface area contributed by atoms with Crippen molar-refractivity contribution in [2.45, 2.75) is 33.0 Å². The average molecular weight is 339 g/mol. The lowest BCUT2D eigenvalue weighted by Crippen LogP contribution is -2.41. The fraction of sp³-hybridized carbons (Fsp3) is 0.368. The third kappa shape index (κ3) is 2.44. The number of imidazole rings is 1. The molecule has 25 heavy (non-hydrogen) atoms. The van der Waals surface area contributed by atoms with Crippen LogP contribution in [0.15, 0.2) is 34.9 Å². The predicted octanol–water partition coefficient (Wildman–Crippen LogP) is 3.30. The van der Waals surface area contributed by atoms with Gasteiger partial charge in [-0.25, -0.2) is 4.98 Å². The van der Waals surface area contributed by atoms with Crippen LogP contribution in [0, 0.1) is 6.92 Å². The molecule has 0 unspecified atom stereocenters. The number of carbonyl (C=O) groups is 1. The normalized spacial score (nSPS) is 17.1. The zero-order valence-corrected chi connectivity index (χ0v) is 14.7. The summed E-state index contributed by atoms with van der Waals surface area (Å²) in [5, 5.41) is 0.986. The maximum Gasteiger partial charge on any atom is 0.290 e. The van der Waals surface area contributed by atoms with Gasteiger partial charge in [-0.3, -0.25) is 4.79 Å². The summed E-state index contributed by atoms with van der Waals surface area (Å²) in [7, 11) is 1.67. The molecule has 0 bridgehead atoms. The Morgan fingerprint density at radius 3 is 2.92 bits per heavy atom. The molecule has 3 aromatic rings. The molecule has 0 spiro atoms. The molecule has 0 radical (unpaired) electrons. The van der Waals surface area contributed by atoms with Crippen molar-refractivity contribution < 1.29 is 13.9 Å². The zero-order valence-electron chi connectivity index (χ0n) is 14.7. The van der Waals surface area contributed by atoms with Crippen LogP contribution >= 0.6 is 0 Å². The summed E-state index contributed by atoms with van der Waals surface area (Å²) >= 11 is 0. The molecule has 6 nitrogen and oxygen atoms in total. The third-order valence-corrected chi connectivity index (χ3v) is 4.97. The van der Waals surface area contributed by atoms with Gasteiger partial charge in [0.2, 0.25) is 0 Å². The van der Waals surface area contributed by atoms with E-state index in [2.05, 4.69) is 9.55 Å². The average Bonchev–Trinajstić information content (AvgIpc) is 3.18. The number of furan rings is 1. The lowest BCUT2D eigenvalue weighted by atomic mass is 10.1. The highest BCUT2D eigenvalue weighted by molar-refractivity contribution is 5.99. The van der Waals surface area contributed by atoms with E-state index in [1.807, 2.05) is 49.2 Å². The number of hydrogen-bond donors (Lipinski definition) is 0. The van der Waals surface area contributed by atoms with Crippen molar-refractivity contribution in [1.29, 1.82) is 0 Å². The molecule has 0 saturated carbocycles. The van der Waals surface area contributed by atoms with Gasteiger partial charge < -0.3 is 18.6 Å². The summed E-state index contributed by atoms with van der Waals surface area (Å²) in [5.41, 5.74) is 2.68. The lowest BCUT2D eigenvalue weighted by Gasteiger charge is -2.34. The lowest BCUT2D eigenvalue weighted by molar-refractivity contribution is 0.0601. The predicted molar refractivity (Wildman–Crippen MR) is 93.3 cm³/mol. The quantitative estimate of drug-likeness (QED) is 0.734. The molecule has 2 aromatic heterocycles. The van der Waals surface area contributed by atoms with Crippen molar-refractivity contribution in [1.82, 2.24) is 14.5 Å². The first-order chi connectivity index (χ1) is 12.1. The van der Waals surface area contributed by atoms with Crippen LogP contribution < -0.4 is 0 Å². The second-order valence-corrected chi connectivity index (χ2v) is 6.42. The van der Waals surface area contributed by atoms with E-state index < -0.39 is 0 Å². The van der Waals surface area contributed by atoms with Crippen LogP contribution in [0.1, 0.15) is 40.6 Å². The number of ether oxygens (including phenoxy) is 1. The first-order valence-corrected chi connectivity index (χ1v) is 8.44. The second-order valence-electron chi connectivity index (χ2n) is 6.42. The smallest absolute Gasteiger partial charge is 0.290 e. The van der Waals surface area contributed by atoms with Crippen molar-refractivity contribution in [3.63, 3.8) is 0 Å². The summed E-state index contributed by atoms with van der Waals surface area (Å²) in [6.07, 6.45) is 1.83. The summed E-state index contributed by atoms with van der Waals surface area (Å²) in [4.78, 5) is 19.5. The summed E-state index contributed by atoms with van der Waals surface area (Å²) in [6, 6.07) is 7.63. The van der Waals surface area contributed by atoms with Gasteiger partial charge in [-0.2, -0.15) is 0 Å². The Morgan fingerprint density at radius 2 is 2.16 bits per heavy atom. The number of methoxy groups -OCH3 is 1. The molecule has 1 aromatic carbocycles. The second kappa shape index (κ2) is 6.04. The Balaban J connectivity index is 1.67. The minimum atomic E-state index is -0.112. The number of aryl methyl sites for hydroxylation is 1. The number of hydrogen-bond acceptors (Lipinski definition) is 4. The van der Waals surface area contributed by atoms with Crippen LogP contribution in [-0.4, -0.2) is 34.0 Å². The van der Waals surface area contributed by atoms with Gasteiger partial charge in [0.05, 0.1) is 24.5 Å². The van der Waals surface area contributed by atoms with Crippen LogP contribution in [0.3, 0.4) is 0 Å². The minimum Gasteiger partial charge on any atom is -0.451 e. The number of benzene rings is 1. The molecule has 6 heteroatoms. The van der Waals surface area contributed by atoms with Gasteiger partial charge in [0.1, 0.15) is 11.4 Å². The van der Waals surface area contributed by atoms with Crippen LogP contribution in [0.5, 0.6) is 0 Å². The van der Waals surface area contributed by atoms with Crippen molar-refractivity contribution >= 4 is 16.9 Å². The van der Waals surface area contributed by atoms with Gasteiger partial charge in [-0.15, -0.1) is 0 Å². The van der Waals surface area contributed by atoms with Crippen molar-refractivity contribution in [2.75, 3.05) is 13.7 Å². The molecule has 3 heterocycles. The van der Waals surface area contributed by atoms with Gasteiger partial charge in [-0.1, -0.05) is 18.2 Å². The van der Waals surface area contributed by atoms with Gasteiger partial charge in [-0.05, 0) is 19.9 Å². The molecular weight excluding hydrogens is 318 g/mol. The third-order valence-electron chi connectivity index (χ3n) is 4.97. The van der Waals surface area contributed by atoms with Crippen LogP contribution in [0.25, 0.3) is 11.0 Å². The highest BCUT2D eigenvalue weighted by Crippen LogP contribution is 2.31. The van der Waals surface area contributed by atoms with Crippen molar-refractivity contribution in [2.24, 2.45) is 0 Å². The molecule has 1 atom stereocenters. The molecule has 1 aliphatic rings. The zero-order chi connectivity index (χ0) is 17.6. The van der Waals surface area contributed by atoms with Gasteiger partial charge in [0.15, 0.2) is 5.76 Å². The molecule has 0 fully saturated rings. The number of amides is 1. The number of fused-ring (bicyclic) bond motifs is 2. The Bertz CT molecular complexity index is 941. The number of nitrogens with zero attached hydrogens (tertiary/aromatic N) is 3. The topological polar surface area (TPSA) is 60.5 Å². The summed E-state index contributed by atoms with van der Waals surface area (Å²) < 4.78 is 13.2. The highest BCUT2D eigenvalue weighted by Gasteiger charge is 2.33. The van der Waals surface area contributed by atoms with Gasteiger partial charge >= 0.3 is 0 Å². The Labute approximate surface area is 146 Å². The molecule has 4 rings (SSSR count). The standard InChI is InChI=1S/C19H21N3O3/c1-12-15-6-4-5-7-16(15)25-17(12)19(23)21-8-9-22-14(11-24-3)10-20-18(22)13(21)2/h4-7,10,13H,8-9,11H2,1-3H3/t13-/m0/s1. The Hall–Kier alpha value is -2.60. The highest BCUT2D eigenvalue weighted by atomic mass is 16.5. The number of aromatic nitrogens is 2. The molecule has 0 saturated heterocycles. The Kier molecular flexibility index (Phi) is 3.84. The largest absolute Gasteiger partial charge is 0.451 e. The van der Waals surface area contributed by atoms with E-state index in [9.17, 15) is 4.79 Å². The van der Waals surface area contributed by atoms with E-state index in [0.717, 1.165) is 28.1 Å². The SMILES string of the molecule is COCc1cnc2n1CCN(C(=O)c1oc3ccccc3c1C)[C@H]2C. The number of rotatable bonds is 3. The molecular formula is C19H21N3O3. The van der Waals surface area contributed by atoms with Crippen LogP contribution in [-0.2, 0) is 17.9 Å². The van der Waals surface area contributed by atoms with E-state index in [0.29, 0.717) is 25.5 Å². The monoisotopic (exact) mass is 339 g/mol. The number of carbonyl (C=O) groups excluding carboxylic acids is 1. The maximum atomic E-state index is 13.1.